The smallest absolute Gasteiger partial charge is 0.335 e. The third kappa shape index (κ3) is 2.31. The summed E-state index contributed by atoms with van der Waals surface area (Å²) >= 11 is 0. The molecule has 2 fully saturated rings. The van der Waals surface area contributed by atoms with Gasteiger partial charge in [-0.05, 0) is 43.5 Å². The molecule has 21 heavy (non-hydrogen) atoms. The molecule has 2 aliphatic rings. The zero-order valence-corrected chi connectivity index (χ0v) is 12.8. The minimum absolute atomic E-state index is 0.114. The van der Waals surface area contributed by atoms with Gasteiger partial charge in [0.05, 0.1) is 11.7 Å². The zero-order chi connectivity index (χ0) is 15.2. The largest absolute Gasteiger partial charge is 0.478 e. The monoisotopic (exact) mass is 289 g/mol. The summed E-state index contributed by atoms with van der Waals surface area (Å²) in [6.45, 7) is 7.33. The fourth-order valence-corrected chi connectivity index (χ4v) is 3.94. The first kappa shape index (κ1) is 14.4. The number of fused-ring (bicyclic) bond motifs is 1. The summed E-state index contributed by atoms with van der Waals surface area (Å²) in [7, 11) is 0. The van der Waals surface area contributed by atoms with E-state index in [0.717, 1.165) is 24.3 Å². The van der Waals surface area contributed by atoms with E-state index < -0.39 is 5.97 Å². The van der Waals surface area contributed by atoms with Crippen molar-refractivity contribution in [3.8, 4) is 0 Å². The van der Waals surface area contributed by atoms with Gasteiger partial charge < -0.3 is 15.2 Å². The van der Waals surface area contributed by atoms with Crippen LogP contribution in [-0.4, -0.2) is 29.8 Å². The van der Waals surface area contributed by atoms with Crippen molar-refractivity contribution < 1.29 is 14.6 Å². The SMILES string of the molecule is Cc1cc(C(=O)O)ccc1NC1C2CCCOC2C1(C)C. The lowest BCUT2D eigenvalue weighted by molar-refractivity contribution is -0.177. The van der Waals surface area contributed by atoms with Crippen molar-refractivity contribution in [2.24, 2.45) is 11.3 Å². The lowest BCUT2D eigenvalue weighted by Crippen LogP contribution is -2.67. The summed E-state index contributed by atoms with van der Waals surface area (Å²) in [6.07, 6.45) is 2.69. The van der Waals surface area contributed by atoms with Crippen LogP contribution in [0.5, 0.6) is 0 Å². The summed E-state index contributed by atoms with van der Waals surface area (Å²) < 4.78 is 5.92. The Morgan fingerprint density at radius 1 is 1.43 bits per heavy atom. The molecule has 3 unspecified atom stereocenters. The molecule has 0 radical (unpaired) electrons. The quantitative estimate of drug-likeness (QED) is 0.896. The van der Waals surface area contributed by atoms with Crippen LogP contribution < -0.4 is 5.32 Å². The average Bonchev–Trinajstić information content (AvgIpc) is 2.45. The Morgan fingerprint density at radius 2 is 2.19 bits per heavy atom. The van der Waals surface area contributed by atoms with Crippen molar-refractivity contribution in [1.29, 1.82) is 0 Å². The van der Waals surface area contributed by atoms with Crippen molar-refractivity contribution >= 4 is 11.7 Å². The Hall–Kier alpha value is -1.55. The summed E-state index contributed by atoms with van der Waals surface area (Å²) in [6, 6.07) is 5.66. The molecule has 3 rings (SSSR count). The lowest BCUT2D eigenvalue weighted by atomic mass is 9.55. The maximum atomic E-state index is 11.0. The molecule has 1 aromatic carbocycles. The minimum Gasteiger partial charge on any atom is -0.478 e. The molecule has 114 valence electrons. The van der Waals surface area contributed by atoms with Gasteiger partial charge in [-0.15, -0.1) is 0 Å². The molecule has 4 heteroatoms. The predicted molar refractivity (Wildman–Crippen MR) is 81.8 cm³/mol. The summed E-state index contributed by atoms with van der Waals surface area (Å²) in [5.74, 6) is -0.318. The first-order valence-electron chi connectivity index (χ1n) is 7.63. The molecule has 1 aromatic rings. The Balaban J connectivity index is 1.79. The molecule has 2 N–H and O–H groups in total. The van der Waals surface area contributed by atoms with Crippen LogP contribution in [-0.2, 0) is 4.74 Å². The highest BCUT2D eigenvalue weighted by Crippen LogP contribution is 2.52. The summed E-state index contributed by atoms with van der Waals surface area (Å²) in [5.41, 5.74) is 2.46. The maximum absolute atomic E-state index is 11.0. The molecule has 3 atom stereocenters. The first-order chi connectivity index (χ1) is 9.91. The number of hydrogen-bond donors (Lipinski definition) is 2. The Morgan fingerprint density at radius 3 is 2.86 bits per heavy atom. The molecule has 0 aromatic heterocycles. The number of carboxylic acid groups (broad SMARTS) is 1. The second-order valence-corrected chi connectivity index (χ2v) is 6.88. The number of benzene rings is 1. The standard InChI is InChI=1S/C17H23NO3/c1-10-9-11(16(19)20)6-7-13(10)18-14-12-5-4-8-21-15(12)17(14,2)3/h6-7,9,12,14-15,18H,4-5,8H2,1-3H3,(H,19,20). The topological polar surface area (TPSA) is 58.6 Å². The van der Waals surface area contributed by atoms with E-state index in [9.17, 15) is 4.79 Å². The third-order valence-corrected chi connectivity index (χ3v) is 5.12. The molecule has 0 amide bonds. The molecule has 0 bridgehead atoms. The predicted octanol–water partition coefficient (Wildman–Crippen LogP) is 3.31. The second kappa shape index (κ2) is 5.02. The molecule has 1 aliphatic heterocycles. The van der Waals surface area contributed by atoms with Gasteiger partial charge in [0.1, 0.15) is 0 Å². The van der Waals surface area contributed by atoms with Crippen molar-refractivity contribution in [2.75, 3.05) is 11.9 Å². The van der Waals surface area contributed by atoms with E-state index in [0.29, 0.717) is 23.6 Å². The molecule has 4 nitrogen and oxygen atoms in total. The number of nitrogens with one attached hydrogen (secondary N) is 1. The second-order valence-electron chi connectivity index (χ2n) is 6.88. The van der Waals surface area contributed by atoms with E-state index >= 15 is 0 Å². The van der Waals surface area contributed by atoms with E-state index in [-0.39, 0.29) is 5.41 Å². The molecular formula is C17H23NO3. The van der Waals surface area contributed by atoms with Gasteiger partial charge in [-0.2, -0.15) is 0 Å². The summed E-state index contributed by atoms with van der Waals surface area (Å²) in [4.78, 5) is 11.0. The van der Waals surface area contributed by atoms with Gasteiger partial charge in [0.25, 0.3) is 0 Å². The van der Waals surface area contributed by atoms with E-state index in [1.165, 1.54) is 6.42 Å². The highest BCUT2D eigenvalue weighted by molar-refractivity contribution is 5.88. The normalized spacial score (nSPS) is 30.1. The fourth-order valence-electron chi connectivity index (χ4n) is 3.94. The minimum atomic E-state index is -0.880. The molecule has 1 saturated carbocycles. The highest BCUT2D eigenvalue weighted by atomic mass is 16.5. The Bertz CT molecular complexity index is 567. The van der Waals surface area contributed by atoms with E-state index in [1.807, 2.05) is 13.0 Å². The van der Waals surface area contributed by atoms with Crippen LogP contribution in [0.15, 0.2) is 18.2 Å². The van der Waals surface area contributed by atoms with Gasteiger partial charge in [-0.25, -0.2) is 4.79 Å². The van der Waals surface area contributed by atoms with Crippen molar-refractivity contribution in [3.63, 3.8) is 0 Å². The van der Waals surface area contributed by atoms with Crippen LogP contribution in [0.3, 0.4) is 0 Å². The van der Waals surface area contributed by atoms with Crippen LogP contribution in [0.1, 0.15) is 42.6 Å². The third-order valence-electron chi connectivity index (χ3n) is 5.12. The number of aromatic carboxylic acids is 1. The number of rotatable bonds is 3. The van der Waals surface area contributed by atoms with Crippen LogP contribution in [0.2, 0.25) is 0 Å². The molecule has 1 heterocycles. The number of carbonyl (C=O) groups is 1. The van der Waals surface area contributed by atoms with E-state index in [1.54, 1.807) is 12.1 Å². The average molecular weight is 289 g/mol. The number of anilines is 1. The van der Waals surface area contributed by atoms with E-state index in [4.69, 9.17) is 9.84 Å². The molecule has 1 saturated heterocycles. The van der Waals surface area contributed by atoms with Gasteiger partial charge in [0.15, 0.2) is 0 Å². The Labute approximate surface area is 125 Å². The first-order valence-corrected chi connectivity index (χ1v) is 7.63. The van der Waals surface area contributed by atoms with Crippen LogP contribution in [0, 0.1) is 18.3 Å². The van der Waals surface area contributed by atoms with Crippen molar-refractivity contribution in [3.05, 3.63) is 29.3 Å². The van der Waals surface area contributed by atoms with Crippen molar-refractivity contribution in [2.45, 2.75) is 45.8 Å². The van der Waals surface area contributed by atoms with Crippen LogP contribution in [0.25, 0.3) is 0 Å². The van der Waals surface area contributed by atoms with Gasteiger partial charge in [0.2, 0.25) is 0 Å². The molecular weight excluding hydrogens is 266 g/mol. The highest BCUT2D eigenvalue weighted by Gasteiger charge is 2.57. The van der Waals surface area contributed by atoms with Crippen molar-refractivity contribution in [1.82, 2.24) is 0 Å². The number of ether oxygens (including phenoxy) is 1. The summed E-state index contributed by atoms with van der Waals surface area (Å²) in [5, 5.41) is 12.7. The number of hydrogen-bond acceptors (Lipinski definition) is 3. The van der Waals surface area contributed by atoms with Gasteiger partial charge in [0, 0.05) is 29.7 Å². The van der Waals surface area contributed by atoms with Gasteiger partial charge in [-0.1, -0.05) is 13.8 Å². The maximum Gasteiger partial charge on any atom is 0.335 e. The van der Waals surface area contributed by atoms with E-state index in [2.05, 4.69) is 19.2 Å². The van der Waals surface area contributed by atoms with Crippen LogP contribution in [0.4, 0.5) is 5.69 Å². The molecule has 0 spiro atoms. The van der Waals surface area contributed by atoms with Crippen LogP contribution >= 0.6 is 0 Å². The number of aryl methyl sites for hydroxylation is 1. The molecule has 1 aliphatic carbocycles. The fraction of sp³-hybridized carbons (Fsp3) is 0.588. The zero-order valence-electron chi connectivity index (χ0n) is 12.8. The van der Waals surface area contributed by atoms with Gasteiger partial charge in [-0.3, -0.25) is 0 Å². The lowest BCUT2D eigenvalue weighted by Gasteiger charge is -2.60. The van der Waals surface area contributed by atoms with Gasteiger partial charge >= 0.3 is 5.97 Å². The Kier molecular flexibility index (Phi) is 3.44. The number of carboxylic acids is 1.